The van der Waals surface area contributed by atoms with E-state index in [1.807, 2.05) is 18.3 Å². The van der Waals surface area contributed by atoms with Crippen molar-refractivity contribution < 1.29 is 9.53 Å². The lowest BCUT2D eigenvalue weighted by Gasteiger charge is -2.05. The van der Waals surface area contributed by atoms with Gasteiger partial charge >= 0.3 is 5.97 Å². The molecule has 3 heteroatoms. The third-order valence-electron chi connectivity index (χ3n) is 3.84. The number of pyridine rings is 1. The van der Waals surface area contributed by atoms with Crippen molar-refractivity contribution in [3.05, 3.63) is 53.7 Å². The van der Waals surface area contributed by atoms with Gasteiger partial charge in [-0.2, -0.15) is 0 Å². The first kappa shape index (κ1) is 17.2. The highest BCUT2D eigenvalue weighted by Gasteiger charge is 2.07. The monoisotopic (exact) mass is 311 g/mol. The number of carbonyl (C=O) groups excluding carboxylic acids is 1. The van der Waals surface area contributed by atoms with Gasteiger partial charge in [-0.05, 0) is 43.5 Å². The van der Waals surface area contributed by atoms with Crippen molar-refractivity contribution >= 4 is 5.97 Å². The van der Waals surface area contributed by atoms with Gasteiger partial charge in [-0.15, -0.1) is 0 Å². The fourth-order valence-electron chi connectivity index (χ4n) is 2.49. The van der Waals surface area contributed by atoms with E-state index in [1.165, 1.54) is 31.2 Å². The van der Waals surface area contributed by atoms with Gasteiger partial charge < -0.3 is 4.74 Å². The summed E-state index contributed by atoms with van der Waals surface area (Å²) in [6, 6.07) is 11.6. The number of aryl methyl sites for hydroxylation is 1. The minimum absolute atomic E-state index is 0.283. The summed E-state index contributed by atoms with van der Waals surface area (Å²) >= 11 is 0. The summed E-state index contributed by atoms with van der Waals surface area (Å²) in [7, 11) is 0. The van der Waals surface area contributed by atoms with Crippen LogP contribution in [0.15, 0.2) is 42.6 Å². The normalized spacial score (nSPS) is 10.5. The zero-order valence-electron chi connectivity index (χ0n) is 14.0. The zero-order chi connectivity index (χ0) is 16.5. The molecule has 0 saturated heterocycles. The van der Waals surface area contributed by atoms with E-state index in [2.05, 4.69) is 24.0 Å². The van der Waals surface area contributed by atoms with Crippen molar-refractivity contribution in [1.29, 1.82) is 0 Å². The van der Waals surface area contributed by atoms with Crippen molar-refractivity contribution in [2.45, 2.75) is 46.0 Å². The summed E-state index contributed by atoms with van der Waals surface area (Å²) in [5.74, 6) is -0.283. The molecular weight excluding hydrogens is 286 g/mol. The van der Waals surface area contributed by atoms with Crippen molar-refractivity contribution in [2.24, 2.45) is 0 Å². The summed E-state index contributed by atoms with van der Waals surface area (Å²) in [5.41, 5.74) is 3.80. The fraction of sp³-hybridized carbons (Fsp3) is 0.400. The maximum absolute atomic E-state index is 11.6. The Hall–Kier alpha value is -2.16. The van der Waals surface area contributed by atoms with Crippen LogP contribution in [0.3, 0.4) is 0 Å². The van der Waals surface area contributed by atoms with E-state index < -0.39 is 0 Å². The van der Waals surface area contributed by atoms with Crippen LogP contribution in [0.4, 0.5) is 0 Å². The Morgan fingerprint density at radius 2 is 1.78 bits per heavy atom. The number of hydrogen-bond donors (Lipinski definition) is 0. The molecule has 0 saturated carbocycles. The maximum Gasteiger partial charge on any atom is 0.338 e. The molecule has 122 valence electrons. The first-order valence-electron chi connectivity index (χ1n) is 8.47. The van der Waals surface area contributed by atoms with E-state index in [-0.39, 0.29) is 5.97 Å². The van der Waals surface area contributed by atoms with Crippen molar-refractivity contribution in [1.82, 2.24) is 4.98 Å². The van der Waals surface area contributed by atoms with Crippen LogP contribution in [0.2, 0.25) is 0 Å². The number of esters is 1. The van der Waals surface area contributed by atoms with E-state index in [0.717, 1.165) is 17.7 Å². The predicted molar refractivity (Wildman–Crippen MR) is 93.5 cm³/mol. The zero-order valence-corrected chi connectivity index (χ0v) is 14.0. The lowest BCUT2D eigenvalue weighted by Crippen LogP contribution is -2.04. The molecule has 0 radical (unpaired) electrons. The van der Waals surface area contributed by atoms with E-state index >= 15 is 0 Å². The molecule has 0 aliphatic rings. The largest absolute Gasteiger partial charge is 0.462 e. The van der Waals surface area contributed by atoms with Crippen molar-refractivity contribution in [2.75, 3.05) is 6.61 Å². The van der Waals surface area contributed by atoms with Gasteiger partial charge in [0.05, 0.1) is 17.9 Å². The fourth-order valence-corrected chi connectivity index (χ4v) is 2.49. The molecule has 3 nitrogen and oxygen atoms in total. The van der Waals surface area contributed by atoms with Crippen LogP contribution in [-0.2, 0) is 11.2 Å². The molecule has 0 N–H and O–H groups in total. The Labute approximate surface area is 138 Å². The van der Waals surface area contributed by atoms with Gasteiger partial charge in [-0.1, -0.05) is 44.4 Å². The summed E-state index contributed by atoms with van der Waals surface area (Å²) < 4.78 is 4.99. The average Bonchev–Trinajstić information content (AvgIpc) is 2.60. The highest BCUT2D eigenvalue weighted by atomic mass is 16.5. The van der Waals surface area contributed by atoms with Gasteiger partial charge in [0.25, 0.3) is 0 Å². The van der Waals surface area contributed by atoms with Crippen LogP contribution >= 0.6 is 0 Å². The van der Waals surface area contributed by atoms with E-state index in [1.54, 1.807) is 19.1 Å². The van der Waals surface area contributed by atoms with Gasteiger partial charge in [-0.25, -0.2) is 4.79 Å². The molecule has 1 heterocycles. The van der Waals surface area contributed by atoms with Crippen molar-refractivity contribution in [3.8, 4) is 11.3 Å². The van der Waals surface area contributed by atoms with Gasteiger partial charge in [-0.3, -0.25) is 4.98 Å². The Morgan fingerprint density at radius 1 is 1.00 bits per heavy atom. The topological polar surface area (TPSA) is 39.2 Å². The highest BCUT2D eigenvalue weighted by molar-refractivity contribution is 5.89. The number of unbranched alkanes of at least 4 members (excludes halogenated alkanes) is 3. The van der Waals surface area contributed by atoms with Gasteiger partial charge in [0.2, 0.25) is 0 Å². The van der Waals surface area contributed by atoms with Gasteiger partial charge in [0.1, 0.15) is 0 Å². The second-order valence-electron chi connectivity index (χ2n) is 5.66. The molecule has 0 spiro atoms. The second-order valence-corrected chi connectivity index (χ2v) is 5.66. The Balaban J connectivity index is 1.97. The van der Waals surface area contributed by atoms with E-state index in [0.29, 0.717) is 12.2 Å². The Kier molecular flexibility index (Phi) is 6.79. The lowest BCUT2D eigenvalue weighted by atomic mass is 10.1. The molecule has 1 aromatic carbocycles. The summed E-state index contributed by atoms with van der Waals surface area (Å²) in [6.07, 6.45) is 8.13. The molecule has 1 aromatic heterocycles. The minimum Gasteiger partial charge on any atom is -0.462 e. The predicted octanol–water partition coefficient (Wildman–Crippen LogP) is 5.05. The first-order valence-corrected chi connectivity index (χ1v) is 8.47. The summed E-state index contributed by atoms with van der Waals surface area (Å²) in [5, 5.41) is 0. The molecule has 0 atom stereocenters. The van der Waals surface area contributed by atoms with E-state index in [4.69, 9.17) is 4.74 Å². The van der Waals surface area contributed by atoms with Gasteiger partial charge in [0.15, 0.2) is 0 Å². The molecular formula is C20H25NO2. The number of rotatable bonds is 8. The lowest BCUT2D eigenvalue weighted by molar-refractivity contribution is 0.0526. The molecule has 2 aromatic rings. The van der Waals surface area contributed by atoms with Crippen LogP contribution in [0, 0.1) is 0 Å². The molecule has 2 rings (SSSR count). The molecule has 0 unspecified atom stereocenters. The number of benzene rings is 1. The smallest absolute Gasteiger partial charge is 0.338 e. The summed E-state index contributed by atoms with van der Waals surface area (Å²) in [4.78, 5) is 16.2. The number of nitrogens with zero attached hydrogens (tertiary/aromatic N) is 1. The number of hydrogen-bond acceptors (Lipinski definition) is 3. The van der Waals surface area contributed by atoms with Gasteiger partial charge in [0, 0.05) is 11.8 Å². The van der Waals surface area contributed by atoms with Crippen LogP contribution in [-0.4, -0.2) is 17.6 Å². The Bertz CT molecular complexity index is 603. The maximum atomic E-state index is 11.6. The molecule has 0 fully saturated rings. The minimum atomic E-state index is -0.283. The highest BCUT2D eigenvalue weighted by Crippen LogP contribution is 2.19. The number of carbonyl (C=O) groups is 1. The second kappa shape index (κ2) is 9.09. The average molecular weight is 311 g/mol. The third kappa shape index (κ3) is 5.20. The first-order chi connectivity index (χ1) is 11.2. The van der Waals surface area contributed by atoms with E-state index in [9.17, 15) is 4.79 Å². The standard InChI is InChI=1S/C20H25NO2/c1-3-5-6-7-8-16-9-14-19(21-15-16)17-10-12-18(13-11-17)20(22)23-4-2/h9-15H,3-8H2,1-2H3. The molecule has 0 amide bonds. The quantitative estimate of drug-likeness (QED) is 0.506. The third-order valence-corrected chi connectivity index (χ3v) is 3.84. The van der Waals surface area contributed by atoms with Crippen LogP contribution in [0.5, 0.6) is 0 Å². The number of aromatic nitrogens is 1. The summed E-state index contributed by atoms with van der Waals surface area (Å²) in [6.45, 7) is 4.42. The molecule has 23 heavy (non-hydrogen) atoms. The van der Waals surface area contributed by atoms with Crippen LogP contribution in [0.1, 0.15) is 55.5 Å². The van der Waals surface area contributed by atoms with Crippen molar-refractivity contribution in [3.63, 3.8) is 0 Å². The van der Waals surface area contributed by atoms with Crippen LogP contribution in [0.25, 0.3) is 11.3 Å². The van der Waals surface area contributed by atoms with Crippen LogP contribution < -0.4 is 0 Å². The molecule has 0 aliphatic carbocycles. The molecule has 0 aliphatic heterocycles. The SMILES string of the molecule is CCCCCCc1ccc(-c2ccc(C(=O)OCC)cc2)nc1. The Morgan fingerprint density at radius 3 is 2.39 bits per heavy atom. The molecule has 0 bridgehead atoms. The number of ether oxygens (including phenoxy) is 1.